The number of hydrogen-bond acceptors (Lipinski definition) is 3. The average Bonchev–Trinajstić information content (AvgIpc) is 2.61. The second-order valence-electron chi connectivity index (χ2n) is 4.21. The minimum Gasteiger partial charge on any atom is -0.421 e. The van der Waals surface area contributed by atoms with Crippen LogP contribution in [0, 0.1) is 6.92 Å². The van der Waals surface area contributed by atoms with Gasteiger partial charge in [-0.1, -0.05) is 40.9 Å². The summed E-state index contributed by atoms with van der Waals surface area (Å²) in [5, 5.41) is 5.46. The van der Waals surface area contributed by atoms with E-state index in [1.165, 1.54) is 11.6 Å². The van der Waals surface area contributed by atoms with Gasteiger partial charge in [0.25, 0.3) is 0 Å². The number of ether oxygens (including phenoxy) is 1. The van der Waals surface area contributed by atoms with E-state index in [1.54, 1.807) is 19.1 Å². The first kappa shape index (κ1) is 15.2. The van der Waals surface area contributed by atoms with E-state index in [0.717, 1.165) is 5.56 Å². The maximum atomic E-state index is 11.0. The van der Waals surface area contributed by atoms with Gasteiger partial charge < -0.3 is 4.74 Å². The molecule has 0 aliphatic carbocycles. The van der Waals surface area contributed by atoms with Gasteiger partial charge in [0.15, 0.2) is 10.9 Å². The molecule has 0 radical (unpaired) electrons. The topological polar surface area (TPSA) is 44.1 Å². The summed E-state index contributed by atoms with van der Waals surface area (Å²) in [6.45, 7) is 3.43. The molecule has 0 saturated heterocycles. The zero-order valence-corrected chi connectivity index (χ0v) is 13.1. The summed E-state index contributed by atoms with van der Waals surface area (Å²) in [6, 6.07) is 5.27. The van der Waals surface area contributed by atoms with Crippen LogP contribution in [-0.2, 0) is 11.3 Å². The molecule has 0 bridgehead atoms. The van der Waals surface area contributed by atoms with Gasteiger partial charge in [0.2, 0.25) is 0 Å². The van der Waals surface area contributed by atoms with Gasteiger partial charge in [-0.25, -0.2) is 4.68 Å². The number of nitrogens with zero attached hydrogens (tertiary/aromatic N) is 2. The van der Waals surface area contributed by atoms with Crippen LogP contribution >= 0.6 is 34.8 Å². The maximum absolute atomic E-state index is 11.0. The second kappa shape index (κ2) is 6.04. The normalized spacial score (nSPS) is 10.7. The van der Waals surface area contributed by atoms with Crippen molar-refractivity contribution in [3.05, 3.63) is 44.7 Å². The molecule has 20 heavy (non-hydrogen) atoms. The van der Waals surface area contributed by atoms with Crippen LogP contribution in [0.5, 0.6) is 5.75 Å². The van der Waals surface area contributed by atoms with E-state index in [0.29, 0.717) is 22.3 Å². The highest BCUT2D eigenvalue weighted by Gasteiger charge is 2.16. The first-order valence-corrected chi connectivity index (χ1v) is 6.87. The number of benzene rings is 1. The van der Waals surface area contributed by atoms with Gasteiger partial charge in [0, 0.05) is 6.92 Å². The fraction of sp³-hybridized carbons (Fsp3) is 0.231. The standard InChI is InChI=1S/C13H11Cl3N2O2/c1-7-12(20-8(2)19)13(16)18(17-7)6-9-3-4-10(14)11(15)5-9/h3-5H,6H2,1-2H3. The second-order valence-corrected chi connectivity index (χ2v) is 5.38. The number of hydrogen-bond donors (Lipinski definition) is 0. The molecule has 106 valence electrons. The highest BCUT2D eigenvalue weighted by molar-refractivity contribution is 6.42. The fourth-order valence-corrected chi connectivity index (χ4v) is 2.31. The molecule has 1 aromatic carbocycles. The first-order valence-electron chi connectivity index (χ1n) is 5.73. The number of esters is 1. The Labute approximate surface area is 131 Å². The van der Waals surface area contributed by atoms with Crippen LogP contribution in [0.25, 0.3) is 0 Å². The van der Waals surface area contributed by atoms with E-state index >= 15 is 0 Å². The third-order valence-electron chi connectivity index (χ3n) is 2.58. The lowest BCUT2D eigenvalue weighted by Gasteiger charge is -2.05. The Morgan fingerprint density at radius 2 is 2.00 bits per heavy atom. The van der Waals surface area contributed by atoms with Gasteiger partial charge in [-0.15, -0.1) is 0 Å². The van der Waals surface area contributed by atoms with Crippen LogP contribution in [-0.4, -0.2) is 15.7 Å². The third-order valence-corrected chi connectivity index (χ3v) is 3.68. The third kappa shape index (κ3) is 3.26. The Balaban J connectivity index is 2.29. The quantitative estimate of drug-likeness (QED) is 0.793. The fourth-order valence-electron chi connectivity index (χ4n) is 1.71. The predicted molar refractivity (Wildman–Crippen MR) is 78.8 cm³/mol. The lowest BCUT2D eigenvalue weighted by atomic mass is 10.2. The Morgan fingerprint density at radius 3 is 2.60 bits per heavy atom. The van der Waals surface area contributed by atoms with E-state index < -0.39 is 5.97 Å². The molecular weight excluding hydrogens is 323 g/mol. The Bertz CT molecular complexity index is 668. The van der Waals surface area contributed by atoms with Gasteiger partial charge in [0.1, 0.15) is 5.69 Å². The largest absolute Gasteiger partial charge is 0.421 e. The maximum Gasteiger partial charge on any atom is 0.308 e. The van der Waals surface area contributed by atoms with Crippen molar-refractivity contribution >= 4 is 40.8 Å². The number of rotatable bonds is 3. The number of carbonyl (C=O) groups is 1. The molecule has 2 aromatic rings. The van der Waals surface area contributed by atoms with E-state index in [9.17, 15) is 4.79 Å². The minimum atomic E-state index is -0.441. The molecule has 0 amide bonds. The molecule has 0 fully saturated rings. The summed E-state index contributed by atoms with van der Waals surface area (Å²) in [4.78, 5) is 11.0. The number of aromatic nitrogens is 2. The van der Waals surface area contributed by atoms with E-state index in [-0.39, 0.29) is 10.9 Å². The molecule has 4 nitrogen and oxygen atoms in total. The summed E-state index contributed by atoms with van der Waals surface area (Å²) in [6.07, 6.45) is 0. The van der Waals surface area contributed by atoms with Crippen molar-refractivity contribution in [2.45, 2.75) is 20.4 Å². The zero-order valence-electron chi connectivity index (χ0n) is 10.8. The lowest BCUT2D eigenvalue weighted by molar-refractivity contribution is -0.131. The van der Waals surface area contributed by atoms with Crippen molar-refractivity contribution in [2.75, 3.05) is 0 Å². The van der Waals surface area contributed by atoms with Gasteiger partial charge in [0.05, 0.1) is 16.6 Å². The molecule has 0 aliphatic rings. The number of aryl methyl sites for hydroxylation is 1. The van der Waals surface area contributed by atoms with Crippen molar-refractivity contribution < 1.29 is 9.53 Å². The SMILES string of the molecule is CC(=O)Oc1c(C)nn(Cc2ccc(Cl)c(Cl)c2)c1Cl. The zero-order chi connectivity index (χ0) is 14.9. The van der Waals surface area contributed by atoms with Gasteiger partial charge >= 0.3 is 5.97 Å². The number of carbonyl (C=O) groups excluding carboxylic acids is 1. The Morgan fingerprint density at radius 1 is 1.30 bits per heavy atom. The molecule has 0 spiro atoms. The summed E-state index contributed by atoms with van der Waals surface area (Å²) in [5.74, 6) is -0.164. The Hall–Kier alpha value is -1.23. The molecular formula is C13H11Cl3N2O2. The van der Waals surface area contributed by atoms with E-state index in [1.807, 2.05) is 6.07 Å². The van der Waals surface area contributed by atoms with Gasteiger partial charge in [-0.05, 0) is 24.6 Å². The van der Waals surface area contributed by atoms with Crippen molar-refractivity contribution in [1.29, 1.82) is 0 Å². The van der Waals surface area contributed by atoms with E-state index in [4.69, 9.17) is 39.5 Å². The molecule has 0 unspecified atom stereocenters. The minimum absolute atomic E-state index is 0.267. The summed E-state index contributed by atoms with van der Waals surface area (Å²) < 4.78 is 6.57. The van der Waals surface area contributed by atoms with Crippen molar-refractivity contribution in [2.24, 2.45) is 0 Å². The van der Waals surface area contributed by atoms with E-state index in [2.05, 4.69) is 5.10 Å². The molecule has 1 aromatic heterocycles. The van der Waals surface area contributed by atoms with Crippen LogP contribution in [0.15, 0.2) is 18.2 Å². The van der Waals surface area contributed by atoms with Gasteiger partial charge in [-0.2, -0.15) is 5.10 Å². The molecule has 7 heteroatoms. The van der Waals surface area contributed by atoms with Crippen LogP contribution in [0.2, 0.25) is 15.2 Å². The molecule has 1 heterocycles. The average molecular weight is 334 g/mol. The summed E-state index contributed by atoms with van der Waals surface area (Å²) >= 11 is 18.0. The summed E-state index contributed by atoms with van der Waals surface area (Å²) in [5.41, 5.74) is 1.43. The van der Waals surface area contributed by atoms with Crippen molar-refractivity contribution in [1.82, 2.24) is 9.78 Å². The van der Waals surface area contributed by atoms with Crippen LogP contribution < -0.4 is 4.74 Å². The molecule has 0 aliphatic heterocycles. The van der Waals surface area contributed by atoms with Crippen LogP contribution in [0.3, 0.4) is 0 Å². The van der Waals surface area contributed by atoms with Gasteiger partial charge in [-0.3, -0.25) is 4.79 Å². The monoisotopic (exact) mass is 332 g/mol. The lowest BCUT2D eigenvalue weighted by Crippen LogP contribution is -2.03. The van der Waals surface area contributed by atoms with Crippen molar-refractivity contribution in [3.63, 3.8) is 0 Å². The Kier molecular flexibility index (Phi) is 4.58. The molecule has 2 rings (SSSR count). The predicted octanol–water partition coefficient (Wildman–Crippen LogP) is 4.13. The highest BCUT2D eigenvalue weighted by Crippen LogP contribution is 2.30. The molecule has 0 atom stereocenters. The summed E-state index contributed by atoms with van der Waals surface area (Å²) in [7, 11) is 0. The van der Waals surface area contributed by atoms with Crippen molar-refractivity contribution in [3.8, 4) is 5.75 Å². The smallest absolute Gasteiger partial charge is 0.308 e. The molecule has 0 saturated carbocycles. The first-order chi connectivity index (χ1) is 9.38. The highest BCUT2D eigenvalue weighted by atomic mass is 35.5. The number of halogens is 3. The van der Waals surface area contributed by atoms with Crippen LogP contribution in [0.4, 0.5) is 0 Å². The van der Waals surface area contributed by atoms with Crippen LogP contribution in [0.1, 0.15) is 18.2 Å². The molecule has 0 N–H and O–H groups in total.